The predicted octanol–water partition coefficient (Wildman–Crippen LogP) is 3.04. The van der Waals surface area contributed by atoms with Gasteiger partial charge in [-0.15, -0.1) is 0 Å². The third kappa shape index (κ3) is 3.76. The summed E-state index contributed by atoms with van der Waals surface area (Å²) in [5, 5.41) is 3.39. The van der Waals surface area contributed by atoms with Crippen molar-refractivity contribution in [1.82, 2.24) is 10.2 Å². The van der Waals surface area contributed by atoms with Gasteiger partial charge in [0, 0.05) is 6.54 Å². The highest BCUT2D eigenvalue weighted by molar-refractivity contribution is 7.98. The van der Waals surface area contributed by atoms with Crippen molar-refractivity contribution < 1.29 is 4.79 Å². The fraction of sp³-hybridized carbons (Fsp3) is 0.562. The number of unbranched alkanes of at least 4 members (excludes halogenated alkanes) is 2. The van der Waals surface area contributed by atoms with Crippen LogP contribution in [0.1, 0.15) is 37.9 Å². The van der Waals surface area contributed by atoms with Gasteiger partial charge in [0.05, 0.1) is 6.04 Å². The van der Waals surface area contributed by atoms with Crippen molar-refractivity contribution >= 4 is 17.7 Å². The van der Waals surface area contributed by atoms with E-state index in [2.05, 4.69) is 23.7 Å². The standard InChI is InChI=1S/C16H24N2OS/c1-13-16(19)18(11-7-4-8-12-20-2)15(17-13)14-9-5-3-6-10-14/h3,5-6,9-10,13,15,17H,4,7-8,11-12H2,1-2H3. The van der Waals surface area contributed by atoms with Crippen LogP contribution < -0.4 is 5.32 Å². The van der Waals surface area contributed by atoms with E-state index >= 15 is 0 Å². The molecule has 1 fully saturated rings. The van der Waals surface area contributed by atoms with Crippen molar-refractivity contribution in [2.75, 3.05) is 18.6 Å². The first-order valence-corrected chi connectivity index (χ1v) is 8.74. The van der Waals surface area contributed by atoms with Crippen LogP contribution in [0, 0.1) is 0 Å². The Hall–Kier alpha value is -1.00. The van der Waals surface area contributed by atoms with E-state index in [-0.39, 0.29) is 18.1 Å². The van der Waals surface area contributed by atoms with E-state index in [1.165, 1.54) is 24.2 Å². The molecule has 2 unspecified atom stereocenters. The monoisotopic (exact) mass is 292 g/mol. The molecule has 1 aromatic carbocycles. The molecule has 1 aliphatic heterocycles. The average Bonchev–Trinajstić information content (AvgIpc) is 2.76. The first-order valence-electron chi connectivity index (χ1n) is 7.34. The van der Waals surface area contributed by atoms with Gasteiger partial charge in [-0.25, -0.2) is 0 Å². The maximum atomic E-state index is 12.3. The Balaban J connectivity index is 1.94. The molecule has 4 heteroatoms. The summed E-state index contributed by atoms with van der Waals surface area (Å²) in [6.07, 6.45) is 5.70. The summed E-state index contributed by atoms with van der Waals surface area (Å²) < 4.78 is 0. The van der Waals surface area contributed by atoms with Gasteiger partial charge in [-0.2, -0.15) is 11.8 Å². The van der Waals surface area contributed by atoms with Crippen molar-refractivity contribution in [3.05, 3.63) is 35.9 Å². The summed E-state index contributed by atoms with van der Waals surface area (Å²) in [6, 6.07) is 10.2. The number of rotatable bonds is 7. The Morgan fingerprint density at radius 1 is 1.20 bits per heavy atom. The summed E-state index contributed by atoms with van der Waals surface area (Å²) in [5.74, 6) is 1.44. The summed E-state index contributed by atoms with van der Waals surface area (Å²) >= 11 is 1.89. The smallest absolute Gasteiger partial charge is 0.241 e. The third-order valence-corrected chi connectivity index (χ3v) is 4.43. The molecule has 1 heterocycles. The highest BCUT2D eigenvalue weighted by Crippen LogP contribution is 2.25. The topological polar surface area (TPSA) is 32.3 Å². The molecule has 1 N–H and O–H groups in total. The van der Waals surface area contributed by atoms with Gasteiger partial charge < -0.3 is 4.90 Å². The van der Waals surface area contributed by atoms with Crippen molar-refractivity contribution in [3.8, 4) is 0 Å². The largest absolute Gasteiger partial charge is 0.322 e. The van der Waals surface area contributed by atoms with Gasteiger partial charge in [0.25, 0.3) is 0 Å². The zero-order valence-corrected chi connectivity index (χ0v) is 13.2. The molecule has 110 valence electrons. The van der Waals surface area contributed by atoms with Crippen LogP contribution in [0.25, 0.3) is 0 Å². The minimum Gasteiger partial charge on any atom is -0.322 e. The SMILES string of the molecule is CSCCCCCN1C(=O)C(C)NC1c1ccccc1. The van der Waals surface area contributed by atoms with Gasteiger partial charge in [0.15, 0.2) is 0 Å². The minimum atomic E-state index is -0.0774. The Morgan fingerprint density at radius 2 is 1.95 bits per heavy atom. The molecule has 0 bridgehead atoms. The summed E-state index contributed by atoms with van der Waals surface area (Å²) in [7, 11) is 0. The normalized spacial score (nSPS) is 22.5. The highest BCUT2D eigenvalue weighted by atomic mass is 32.2. The Bertz CT molecular complexity index is 424. The van der Waals surface area contributed by atoms with E-state index in [1.807, 2.05) is 41.8 Å². The Kier molecular flexibility index (Phi) is 5.92. The van der Waals surface area contributed by atoms with Crippen LogP contribution in [0.2, 0.25) is 0 Å². The maximum Gasteiger partial charge on any atom is 0.241 e. The molecular formula is C16H24N2OS. The molecule has 2 rings (SSSR count). The fourth-order valence-corrected chi connectivity index (χ4v) is 3.12. The van der Waals surface area contributed by atoms with Crippen LogP contribution in [0.5, 0.6) is 0 Å². The quantitative estimate of drug-likeness (QED) is 0.784. The minimum absolute atomic E-state index is 0.0410. The van der Waals surface area contributed by atoms with Crippen LogP contribution >= 0.6 is 11.8 Å². The predicted molar refractivity (Wildman–Crippen MR) is 85.7 cm³/mol. The number of nitrogens with zero attached hydrogens (tertiary/aromatic N) is 1. The number of carbonyl (C=O) groups is 1. The molecular weight excluding hydrogens is 268 g/mol. The second-order valence-corrected chi connectivity index (χ2v) is 6.27. The number of amides is 1. The molecule has 1 aliphatic rings. The van der Waals surface area contributed by atoms with E-state index < -0.39 is 0 Å². The van der Waals surface area contributed by atoms with Crippen LogP contribution in [-0.2, 0) is 4.79 Å². The van der Waals surface area contributed by atoms with E-state index in [9.17, 15) is 4.79 Å². The van der Waals surface area contributed by atoms with Gasteiger partial charge in [0.2, 0.25) is 5.91 Å². The van der Waals surface area contributed by atoms with Crippen LogP contribution in [0.4, 0.5) is 0 Å². The molecule has 1 amide bonds. The van der Waals surface area contributed by atoms with Crippen molar-refractivity contribution in [1.29, 1.82) is 0 Å². The van der Waals surface area contributed by atoms with Gasteiger partial charge in [-0.1, -0.05) is 36.8 Å². The van der Waals surface area contributed by atoms with Crippen molar-refractivity contribution in [2.24, 2.45) is 0 Å². The number of carbonyl (C=O) groups excluding carboxylic acids is 1. The first-order chi connectivity index (χ1) is 9.74. The van der Waals surface area contributed by atoms with Crippen molar-refractivity contribution in [3.63, 3.8) is 0 Å². The van der Waals surface area contributed by atoms with E-state index in [0.29, 0.717) is 0 Å². The number of thioether (sulfide) groups is 1. The molecule has 0 spiro atoms. The van der Waals surface area contributed by atoms with Crippen molar-refractivity contribution in [2.45, 2.75) is 38.4 Å². The number of benzene rings is 1. The van der Waals surface area contributed by atoms with Gasteiger partial charge in [-0.05, 0) is 37.3 Å². The van der Waals surface area contributed by atoms with E-state index in [1.54, 1.807) is 0 Å². The summed E-state index contributed by atoms with van der Waals surface area (Å²) in [6.45, 7) is 2.80. The molecule has 3 nitrogen and oxygen atoms in total. The molecule has 1 aromatic rings. The Labute approximate surface area is 126 Å². The number of hydrogen-bond donors (Lipinski definition) is 1. The lowest BCUT2D eigenvalue weighted by atomic mass is 10.1. The summed E-state index contributed by atoms with van der Waals surface area (Å²) in [5.41, 5.74) is 1.18. The molecule has 0 aliphatic carbocycles. The highest BCUT2D eigenvalue weighted by Gasteiger charge is 2.36. The fourth-order valence-electron chi connectivity index (χ4n) is 2.63. The lowest BCUT2D eigenvalue weighted by Crippen LogP contribution is -2.31. The lowest BCUT2D eigenvalue weighted by molar-refractivity contribution is -0.129. The molecule has 20 heavy (non-hydrogen) atoms. The zero-order chi connectivity index (χ0) is 14.4. The molecule has 0 radical (unpaired) electrons. The van der Waals surface area contributed by atoms with E-state index in [4.69, 9.17) is 0 Å². The summed E-state index contributed by atoms with van der Waals surface area (Å²) in [4.78, 5) is 14.3. The zero-order valence-electron chi connectivity index (χ0n) is 12.3. The second kappa shape index (κ2) is 7.70. The second-order valence-electron chi connectivity index (χ2n) is 5.29. The number of hydrogen-bond acceptors (Lipinski definition) is 3. The molecule has 0 saturated carbocycles. The molecule has 2 atom stereocenters. The lowest BCUT2D eigenvalue weighted by Gasteiger charge is -2.24. The maximum absolute atomic E-state index is 12.3. The van der Waals surface area contributed by atoms with E-state index in [0.717, 1.165) is 13.0 Å². The van der Waals surface area contributed by atoms with Gasteiger partial charge >= 0.3 is 0 Å². The first kappa shape index (κ1) is 15.4. The average molecular weight is 292 g/mol. The van der Waals surface area contributed by atoms with Gasteiger partial charge in [-0.3, -0.25) is 10.1 Å². The third-order valence-electron chi connectivity index (χ3n) is 3.74. The van der Waals surface area contributed by atoms with Crippen LogP contribution in [0.15, 0.2) is 30.3 Å². The van der Waals surface area contributed by atoms with Gasteiger partial charge in [0.1, 0.15) is 6.17 Å². The Morgan fingerprint density at radius 3 is 2.65 bits per heavy atom. The number of nitrogens with one attached hydrogen (secondary N) is 1. The van der Waals surface area contributed by atoms with Crippen LogP contribution in [0.3, 0.4) is 0 Å². The molecule has 0 aromatic heterocycles. The molecule has 1 saturated heterocycles. The van der Waals surface area contributed by atoms with Crippen LogP contribution in [-0.4, -0.2) is 35.4 Å².